The molecule has 0 aromatic heterocycles. The molecule has 0 radical (unpaired) electrons. The number of benzene rings is 1. The molecule has 1 aromatic rings. The van der Waals surface area contributed by atoms with Gasteiger partial charge in [0.05, 0.1) is 5.41 Å². The van der Waals surface area contributed by atoms with Gasteiger partial charge in [-0.3, -0.25) is 0 Å². The molecule has 1 unspecified atom stereocenters. The molecule has 0 bridgehead atoms. The zero-order chi connectivity index (χ0) is 10.4. The summed E-state index contributed by atoms with van der Waals surface area (Å²) >= 11 is 5.74. The first kappa shape index (κ1) is 9.87. The predicted molar refractivity (Wildman–Crippen MR) is 51.7 cm³/mol. The molecule has 1 saturated carbocycles. The van der Waals surface area contributed by atoms with E-state index in [4.69, 9.17) is 17.3 Å². The van der Waals surface area contributed by atoms with Gasteiger partial charge in [0, 0.05) is 18.0 Å². The van der Waals surface area contributed by atoms with Crippen molar-refractivity contribution in [1.82, 2.24) is 0 Å². The molecule has 14 heavy (non-hydrogen) atoms. The van der Waals surface area contributed by atoms with Crippen LogP contribution >= 0.6 is 11.6 Å². The van der Waals surface area contributed by atoms with Gasteiger partial charge in [0.2, 0.25) is 0 Å². The molecular formula is C10H10ClF2N. The van der Waals surface area contributed by atoms with Crippen LogP contribution in [-0.4, -0.2) is 12.5 Å². The van der Waals surface area contributed by atoms with Gasteiger partial charge in [-0.05, 0) is 17.7 Å². The molecule has 1 atom stereocenters. The second-order valence-electron chi connectivity index (χ2n) is 3.68. The average molecular weight is 218 g/mol. The molecule has 1 fully saturated rings. The van der Waals surface area contributed by atoms with E-state index in [1.807, 2.05) is 0 Å². The van der Waals surface area contributed by atoms with Crippen molar-refractivity contribution in [3.8, 4) is 0 Å². The molecule has 0 saturated heterocycles. The highest BCUT2D eigenvalue weighted by Crippen LogP contribution is 2.60. The van der Waals surface area contributed by atoms with Crippen LogP contribution in [0.3, 0.4) is 0 Å². The maximum absolute atomic E-state index is 13.1. The minimum Gasteiger partial charge on any atom is -0.329 e. The molecule has 0 heterocycles. The van der Waals surface area contributed by atoms with E-state index in [-0.39, 0.29) is 13.0 Å². The Kier molecular flexibility index (Phi) is 2.05. The van der Waals surface area contributed by atoms with Crippen molar-refractivity contribution in [3.63, 3.8) is 0 Å². The summed E-state index contributed by atoms with van der Waals surface area (Å²) in [5, 5.41) is 0.470. The Bertz CT molecular complexity index is 367. The molecule has 1 aromatic carbocycles. The maximum Gasteiger partial charge on any atom is 0.260 e. The highest BCUT2D eigenvalue weighted by molar-refractivity contribution is 6.30. The summed E-state index contributed by atoms with van der Waals surface area (Å²) in [7, 11) is 0. The summed E-state index contributed by atoms with van der Waals surface area (Å²) in [5.41, 5.74) is 4.77. The Labute approximate surface area is 85.9 Å². The molecule has 2 N–H and O–H groups in total. The van der Waals surface area contributed by atoms with E-state index in [2.05, 4.69) is 0 Å². The summed E-state index contributed by atoms with van der Waals surface area (Å²) in [5.74, 6) is -2.67. The number of rotatable bonds is 2. The largest absolute Gasteiger partial charge is 0.329 e. The fraction of sp³-hybridized carbons (Fsp3) is 0.400. The van der Waals surface area contributed by atoms with E-state index in [0.717, 1.165) is 0 Å². The van der Waals surface area contributed by atoms with Gasteiger partial charge in [-0.15, -0.1) is 0 Å². The van der Waals surface area contributed by atoms with Gasteiger partial charge in [0.1, 0.15) is 0 Å². The lowest BCUT2D eigenvalue weighted by atomic mass is 9.95. The first-order valence-corrected chi connectivity index (χ1v) is 4.74. The van der Waals surface area contributed by atoms with Crippen molar-refractivity contribution >= 4 is 11.6 Å². The minimum atomic E-state index is -2.67. The second kappa shape index (κ2) is 2.91. The van der Waals surface area contributed by atoms with Crippen LogP contribution in [0.5, 0.6) is 0 Å². The van der Waals surface area contributed by atoms with Crippen LogP contribution in [0, 0.1) is 0 Å². The molecule has 4 heteroatoms. The zero-order valence-corrected chi connectivity index (χ0v) is 8.19. The van der Waals surface area contributed by atoms with Crippen molar-refractivity contribution in [2.24, 2.45) is 5.73 Å². The van der Waals surface area contributed by atoms with Crippen molar-refractivity contribution in [1.29, 1.82) is 0 Å². The van der Waals surface area contributed by atoms with Crippen LogP contribution in [0.4, 0.5) is 8.78 Å². The Morgan fingerprint density at radius 3 is 2.50 bits per heavy atom. The SMILES string of the molecule is NCC1(c2cccc(Cl)c2)CC1(F)F. The van der Waals surface area contributed by atoms with Crippen LogP contribution in [-0.2, 0) is 5.41 Å². The molecule has 2 rings (SSSR count). The zero-order valence-electron chi connectivity index (χ0n) is 7.43. The topological polar surface area (TPSA) is 26.0 Å². The monoisotopic (exact) mass is 217 g/mol. The van der Waals surface area contributed by atoms with E-state index in [1.54, 1.807) is 24.3 Å². The highest BCUT2D eigenvalue weighted by atomic mass is 35.5. The van der Waals surface area contributed by atoms with Crippen molar-refractivity contribution < 1.29 is 8.78 Å². The van der Waals surface area contributed by atoms with Crippen LogP contribution in [0.2, 0.25) is 5.02 Å². The molecule has 0 amide bonds. The summed E-state index contributed by atoms with van der Waals surface area (Å²) in [4.78, 5) is 0. The Morgan fingerprint density at radius 1 is 1.43 bits per heavy atom. The molecule has 0 aliphatic heterocycles. The number of halogens is 3. The van der Waals surface area contributed by atoms with Gasteiger partial charge in [-0.2, -0.15) is 0 Å². The van der Waals surface area contributed by atoms with Crippen molar-refractivity contribution in [2.75, 3.05) is 6.54 Å². The highest BCUT2D eigenvalue weighted by Gasteiger charge is 2.71. The molecule has 1 aliphatic carbocycles. The van der Waals surface area contributed by atoms with Gasteiger partial charge < -0.3 is 5.73 Å². The third-order valence-corrected chi connectivity index (χ3v) is 3.06. The van der Waals surface area contributed by atoms with E-state index >= 15 is 0 Å². The lowest BCUT2D eigenvalue weighted by Gasteiger charge is -2.14. The summed E-state index contributed by atoms with van der Waals surface area (Å²) in [6, 6.07) is 6.55. The van der Waals surface area contributed by atoms with Gasteiger partial charge in [-0.25, -0.2) is 8.78 Å². The number of hydrogen-bond donors (Lipinski definition) is 1. The normalized spacial score (nSPS) is 28.9. The second-order valence-corrected chi connectivity index (χ2v) is 4.11. The number of nitrogens with two attached hydrogens (primary N) is 1. The molecule has 1 nitrogen and oxygen atoms in total. The van der Waals surface area contributed by atoms with E-state index < -0.39 is 11.3 Å². The van der Waals surface area contributed by atoms with Crippen LogP contribution < -0.4 is 5.73 Å². The molecule has 0 spiro atoms. The predicted octanol–water partition coefficient (Wildman–Crippen LogP) is 2.58. The standard InChI is InChI=1S/C10H10ClF2N/c11-8-3-1-2-7(4-8)9(6-14)5-10(9,12)13/h1-4H,5-6,14H2. The van der Waals surface area contributed by atoms with Gasteiger partial charge in [0.15, 0.2) is 0 Å². The van der Waals surface area contributed by atoms with E-state index in [1.165, 1.54) is 0 Å². The smallest absolute Gasteiger partial charge is 0.260 e. The number of hydrogen-bond acceptors (Lipinski definition) is 1. The van der Waals surface area contributed by atoms with Crippen molar-refractivity contribution in [3.05, 3.63) is 34.9 Å². The molecular weight excluding hydrogens is 208 g/mol. The quantitative estimate of drug-likeness (QED) is 0.810. The van der Waals surface area contributed by atoms with Crippen LogP contribution in [0.25, 0.3) is 0 Å². The van der Waals surface area contributed by atoms with E-state index in [0.29, 0.717) is 10.6 Å². The lowest BCUT2D eigenvalue weighted by molar-refractivity contribution is 0.0896. The first-order chi connectivity index (χ1) is 6.52. The average Bonchev–Trinajstić information content (AvgIpc) is 2.70. The van der Waals surface area contributed by atoms with Crippen LogP contribution in [0.1, 0.15) is 12.0 Å². The summed E-state index contributed by atoms with van der Waals surface area (Å²) in [6.07, 6.45) is -0.170. The first-order valence-electron chi connectivity index (χ1n) is 4.36. The lowest BCUT2D eigenvalue weighted by Crippen LogP contribution is -2.26. The van der Waals surface area contributed by atoms with E-state index in [9.17, 15) is 8.78 Å². The summed E-state index contributed by atoms with van der Waals surface area (Å²) < 4.78 is 26.3. The molecule has 1 aliphatic rings. The van der Waals surface area contributed by atoms with Crippen molar-refractivity contribution in [2.45, 2.75) is 17.8 Å². The fourth-order valence-electron chi connectivity index (χ4n) is 1.77. The van der Waals surface area contributed by atoms with Gasteiger partial charge in [-0.1, -0.05) is 23.7 Å². The van der Waals surface area contributed by atoms with Crippen LogP contribution in [0.15, 0.2) is 24.3 Å². The Morgan fingerprint density at radius 2 is 2.07 bits per heavy atom. The third kappa shape index (κ3) is 1.23. The van der Waals surface area contributed by atoms with Gasteiger partial charge >= 0.3 is 0 Å². The number of alkyl halides is 2. The Balaban J connectivity index is 2.40. The van der Waals surface area contributed by atoms with Gasteiger partial charge in [0.25, 0.3) is 5.92 Å². The summed E-state index contributed by atoms with van der Waals surface area (Å²) in [6.45, 7) is -0.0413. The molecule has 76 valence electrons. The fourth-order valence-corrected chi connectivity index (χ4v) is 1.96. The Hall–Kier alpha value is -0.670. The maximum atomic E-state index is 13.1. The third-order valence-electron chi connectivity index (χ3n) is 2.82. The minimum absolute atomic E-state index is 0.0413.